The highest BCUT2D eigenvalue weighted by molar-refractivity contribution is 7.99. The third kappa shape index (κ3) is 3.52. The molecule has 1 aromatic rings. The number of rotatable bonds is 4. The number of amides is 1. The maximum absolute atomic E-state index is 12.1. The van der Waals surface area contributed by atoms with Crippen LogP contribution in [-0.2, 0) is 20.9 Å². The summed E-state index contributed by atoms with van der Waals surface area (Å²) < 4.78 is 5.29. The molecule has 1 heterocycles. The van der Waals surface area contributed by atoms with E-state index >= 15 is 0 Å². The van der Waals surface area contributed by atoms with E-state index in [1.165, 1.54) is 16.7 Å². The van der Waals surface area contributed by atoms with Crippen LogP contribution in [0.25, 0.3) is 0 Å². The van der Waals surface area contributed by atoms with Gasteiger partial charge < -0.3 is 15.4 Å². The number of benzene rings is 1. The zero-order valence-electron chi connectivity index (χ0n) is 11.3. The van der Waals surface area contributed by atoms with Crippen molar-refractivity contribution < 1.29 is 14.3 Å². The second-order valence-electron chi connectivity index (χ2n) is 4.71. The van der Waals surface area contributed by atoms with Crippen LogP contribution < -0.4 is 5.73 Å². The van der Waals surface area contributed by atoms with E-state index in [2.05, 4.69) is 0 Å². The minimum Gasteiger partial charge on any atom is -0.459 e. The molecule has 1 unspecified atom stereocenters. The van der Waals surface area contributed by atoms with E-state index in [-0.39, 0.29) is 18.5 Å². The van der Waals surface area contributed by atoms with Gasteiger partial charge in [-0.2, -0.15) is 0 Å². The lowest BCUT2D eigenvalue weighted by molar-refractivity contribution is -0.154. The number of ether oxygens (including phenoxy) is 1. The number of esters is 1. The molecule has 0 aromatic heterocycles. The highest BCUT2D eigenvalue weighted by Crippen LogP contribution is 2.22. The smallest absolute Gasteiger partial charge is 0.330 e. The normalized spacial score (nSPS) is 19.7. The number of nitrogens with two attached hydrogens (primary N) is 1. The Morgan fingerprint density at radius 1 is 1.45 bits per heavy atom. The number of nitrogens with zero attached hydrogens (tertiary/aromatic N) is 1. The van der Waals surface area contributed by atoms with Gasteiger partial charge in [0.2, 0.25) is 5.91 Å². The molecule has 2 rings (SSSR count). The summed E-state index contributed by atoms with van der Waals surface area (Å²) in [6, 6.07) is 8.34. The maximum atomic E-state index is 12.1. The van der Waals surface area contributed by atoms with E-state index in [9.17, 15) is 9.59 Å². The van der Waals surface area contributed by atoms with Crippen molar-refractivity contribution in [2.75, 3.05) is 11.6 Å². The van der Waals surface area contributed by atoms with Crippen LogP contribution in [-0.4, -0.2) is 40.5 Å². The molecule has 1 aliphatic heterocycles. The van der Waals surface area contributed by atoms with Gasteiger partial charge in [-0.25, -0.2) is 4.79 Å². The van der Waals surface area contributed by atoms with Crippen molar-refractivity contribution in [2.45, 2.75) is 25.6 Å². The quantitative estimate of drug-likeness (QED) is 0.838. The molecule has 1 amide bonds. The van der Waals surface area contributed by atoms with Crippen molar-refractivity contribution in [3.8, 4) is 0 Å². The Bertz CT molecular complexity index is 479. The van der Waals surface area contributed by atoms with Gasteiger partial charge in [-0.15, -0.1) is 11.8 Å². The first kappa shape index (κ1) is 14.9. The first-order valence-electron chi connectivity index (χ1n) is 6.44. The average Bonchev–Trinajstić information content (AvgIpc) is 2.94. The lowest BCUT2D eigenvalue weighted by atomic mass is 10.2. The van der Waals surface area contributed by atoms with Gasteiger partial charge in [0.05, 0.1) is 11.9 Å². The Balaban J connectivity index is 1.93. The lowest BCUT2D eigenvalue weighted by Gasteiger charge is -2.23. The SMILES string of the molecule is C[C@H](N)C(=O)N1CSCC1C(=O)OCc1ccccc1. The van der Waals surface area contributed by atoms with Crippen molar-refractivity contribution in [3.05, 3.63) is 35.9 Å². The van der Waals surface area contributed by atoms with E-state index in [4.69, 9.17) is 10.5 Å². The zero-order chi connectivity index (χ0) is 14.5. The van der Waals surface area contributed by atoms with Gasteiger partial charge in [0, 0.05) is 5.75 Å². The van der Waals surface area contributed by atoms with Crippen LogP contribution in [0.3, 0.4) is 0 Å². The number of thioether (sulfide) groups is 1. The molecular weight excluding hydrogens is 276 g/mol. The fourth-order valence-corrected chi connectivity index (χ4v) is 3.09. The summed E-state index contributed by atoms with van der Waals surface area (Å²) in [6.45, 7) is 1.85. The molecule has 6 heteroatoms. The van der Waals surface area contributed by atoms with Crippen molar-refractivity contribution in [2.24, 2.45) is 5.73 Å². The molecule has 1 aromatic carbocycles. The Morgan fingerprint density at radius 3 is 2.80 bits per heavy atom. The van der Waals surface area contributed by atoms with Crippen LogP contribution in [0.15, 0.2) is 30.3 Å². The predicted molar refractivity (Wildman–Crippen MR) is 77.8 cm³/mol. The summed E-state index contributed by atoms with van der Waals surface area (Å²) in [5, 5.41) is 0. The van der Waals surface area contributed by atoms with Crippen LogP contribution in [0.1, 0.15) is 12.5 Å². The molecule has 5 nitrogen and oxygen atoms in total. The fourth-order valence-electron chi connectivity index (χ4n) is 1.94. The number of hydrogen-bond acceptors (Lipinski definition) is 5. The predicted octanol–water partition coefficient (Wildman–Crippen LogP) is 0.978. The minimum atomic E-state index is -0.599. The van der Waals surface area contributed by atoms with Gasteiger partial charge in [-0.3, -0.25) is 4.79 Å². The van der Waals surface area contributed by atoms with E-state index in [1.807, 2.05) is 30.3 Å². The van der Waals surface area contributed by atoms with Gasteiger partial charge in [-0.05, 0) is 12.5 Å². The lowest BCUT2D eigenvalue weighted by Crippen LogP contribution is -2.48. The fraction of sp³-hybridized carbons (Fsp3) is 0.429. The van der Waals surface area contributed by atoms with Crippen LogP contribution in [0.4, 0.5) is 0 Å². The highest BCUT2D eigenvalue weighted by Gasteiger charge is 2.36. The van der Waals surface area contributed by atoms with Crippen molar-refractivity contribution in [1.29, 1.82) is 0 Å². The number of hydrogen-bond donors (Lipinski definition) is 1. The molecule has 0 spiro atoms. The summed E-state index contributed by atoms with van der Waals surface area (Å²) >= 11 is 1.53. The van der Waals surface area contributed by atoms with Crippen LogP contribution in [0.2, 0.25) is 0 Å². The molecule has 2 atom stereocenters. The van der Waals surface area contributed by atoms with Crippen molar-refractivity contribution in [3.63, 3.8) is 0 Å². The van der Waals surface area contributed by atoms with Crippen LogP contribution in [0.5, 0.6) is 0 Å². The first-order chi connectivity index (χ1) is 9.59. The monoisotopic (exact) mass is 294 g/mol. The molecule has 0 saturated carbocycles. The van der Waals surface area contributed by atoms with E-state index in [0.29, 0.717) is 11.6 Å². The summed E-state index contributed by atoms with van der Waals surface area (Å²) in [7, 11) is 0. The Kier molecular flexibility index (Phi) is 5.03. The first-order valence-corrected chi connectivity index (χ1v) is 7.59. The molecule has 1 saturated heterocycles. The number of carbonyl (C=O) groups is 2. The third-order valence-electron chi connectivity index (χ3n) is 3.05. The van der Waals surface area contributed by atoms with Gasteiger partial charge >= 0.3 is 5.97 Å². The molecule has 108 valence electrons. The molecule has 0 aliphatic carbocycles. The van der Waals surface area contributed by atoms with E-state index in [0.717, 1.165) is 5.56 Å². The van der Waals surface area contributed by atoms with Gasteiger partial charge in [0.25, 0.3) is 0 Å². The maximum Gasteiger partial charge on any atom is 0.330 e. The minimum absolute atomic E-state index is 0.211. The Hall–Kier alpha value is -1.53. The molecule has 1 aliphatic rings. The molecule has 2 N–H and O–H groups in total. The van der Waals surface area contributed by atoms with Gasteiger partial charge in [0.1, 0.15) is 12.6 Å². The highest BCUT2D eigenvalue weighted by atomic mass is 32.2. The van der Waals surface area contributed by atoms with E-state index < -0.39 is 12.1 Å². The van der Waals surface area contributed by atoms with Crippen LogP contribution in [0, 0.1) is 0 Å². The average molecular weight is 294 g/mol. The third-order valence-corrected chi connectivity index (χ3v) is 4.06. The molecular formula is C14H18N2O3S. The standard InChI is InChI=1S/C14H18N2O3S/c1-10(15)13(17)16-9-20-8-12(16)14(18)19-7-11-5-3-2-4-6-11/h2-6,10,12H,7-9,15H2,1H3/t10-,12?/m0/s1. The molecule has 0 bridgehead atoms. The number of carbonyl (C=O) groups excluding carboxylic acids is 2. The molecule has 0 radical (unpaired) electrons. The van der Waals surface area contributed by atoms with E-state index in [1.54, 1.807) is 6.92 Å². The summed E-state index contributed by atoms with van der Waals surface area (Å²) in [4.78, 5) is 25.5. The second kappa shape index (κ2) is 6.76. The molecule has 1 fully saturated rings. The summed E-state index contributed by atoms with van der Waals surface area (Å²) in [5.41, 5.74) is 6.52. The second-order valence-corrected chi connectivity index (χ2v) is 5.71. The Morgan fingerprint density at radius 2 is 2.15 bits per heavy atom. The molecule has 20 heavy (non-hydrogen) atoms. The van der Waals surface area contributed by atoms with Gasteiger partial charge in [0.15, 0.2) is 0 Å². The van der Waals surface area contributed by atoms with Crippen molar-refractivity contribution >= 4 is 23.6 Å². The topological polar surface area (TPSA) is 72.6 Å². The summed E-state index contributed by atoms with van der Waals surface area (Å²) in [6.07, 6.45) is 0. The van der Waals surface area contributed by atoms with Gasteiger partial charge in [-0.1, -0.05) is 30.3 Å². The Labute approximate surface area is 122 Å². The zero-order valence-corrected chi connectivity index (χ0v) is 12.1. The van der Waals surface area contributed by atoms with Crippen molar-refractivity contribution in [1.82, 2.24) is 4.90 Å². The summed E-state index contributed by atoms with van der Waals surface area (Å²) in [5.74, 6) is 0.474. The largest absolute Gasteiger partial charge is 0.459 e. The van der Waals surface area contributed by atoms with Crippen LogP contribution >= 0.6 is 11.8 Å².